The largest absolute Gasteiger partial charge is 0.462 e. The molecule has 3 rings (SSSR count). The third kappa shape index (κ3) is 2.86. The average molecular weight is 303 g/mol. The van der Waals surface area contributed by atoms with Gasteiger partial charge in [-0.05, 0) is 49.9 Å². The SMILES string of the molecule is CCOC(=O)c1ccc2c(c1)CCN(C1CCOCC1)C2=O. The first-order valence-electron chi connectivity index (χ1n) is 7.89. The molecule has 118 valence electrons. The van der Waals surface area contributed by atoms with Crippen molar-refractivity contribution in [1.82, 2.24) is 4.90 Å². The minimum atomic E-state index is -0.329. The van der Waals surface area contributed by atoms with Crippen LogP contribution in [0.5, 0.6) is 0 Å². The van der Waals surface area contributed by atoms with Crippen molar-refractivity contribution >= 4 is 11.9 Å². The van der Waals surface area contributed by atoms with Gasteiger partial charge in [0.2, 0.25) is 0 Å². The normalized spacial score (nSPS) is 19.0. The number of nitrogens with zero attached hydrogens (tertiary/aromatic N) is 1. The van der Waals surface area contributed by atoms with Crippen LogP contribution in [0.4, 0.5) is 0 Å². The van der Waals surface area contributed by atoms with Crippen LogP contribution >= 0.6 is 0 Å². The smallest absolute Gasteiger partial charge is 0.338 e. The van der Waals surface area contributed by atoms with Gasteiger partial charge in [-0.2, -0.15) is 0 Å². The van der Waals surface area contributed by atoms with Crippen LogP contribution in [0.1, 0.15) is 46.0 Å². The molecule has 5 heteroatoms. The van der Waals surface area contributed by atoms with Gasteiger partial charge in [-0.15, -0.1) is 0 Å². The molecule has 1 saturated heterocycles. The van der Waals surface area contributed by atoms with Gasteiger partial charge in [0, 0.05) is 31.4 Å². The van der Waals surface area contributed by atoms with E-state index in [1.165, 1.54) is 0 Å². The summed E-state index contributed by atoms with van der Waals surface area (Å²) in [5, 5.41) is 0. The van der Waals surface area contributed by atoms with Gasteiger partial charge in [-0.3, -0.25) is 4.79 Å². The maximum absolute atomic E-state index is 12.7. The van der Waals surface area contributed by atoms with Gasteiger partial charge in [0.25, 0.3) is 5.91 Å². The molecule has 0 saturated carbocycles. The Hall–Kier alpha value is -1.88. The Bertz CT molecular complexity index is 578. The topological polar surface area (TPSA) is 55.8 Å². The lowest BCUT2D eigenvalue weighted by Gasteiger charge is -2.37. The summed E-state index contributed by atoms with van der Waals surface area (Å²) in [5.74, 6) is -0.256. The van der Waals surface area contributed by atoms with E-state index in [9.17, 15) is 9.59 Å². The van der Waals surface area contributed by atoms with Crippen molar-refractivity contribution < 1.29 is 19.1 Å². The quantitative estimate of drug-likeness (QED) is 0.802. The summed E-state index contributed by atoms with van der Waals surface area (Å²) in [6.07, 6.45) is 2.59. The number of benzene rings is 1. The van der Waals surface area contributed by atoms with Gasteiger partial charge in [0.05, 0.1) is 12.2 Å². The van der Waals surface area contributed by atoms with Gasteiger partial charge in [0.15, 0.2) is 0 Å². The van der Waals surface area contributed by atoms with E-state index < -0.39 is 0 Å². The zero-order valence-electron chi connectivity index (χ0n) is 12.8. The van der Waals surface area contributed by atoms with E-state index >= 15 is 0 Å². The Kier molecular flexibility index (Phi) is 4.43. The third-order valence-corrected chi connectivity index (χ3v) is 4.36. The first-order chi connectivity index (χ1) is 10.7. The van der Waals surface area contributed by atoms with Crippen molar-refractivity contribution in [3.63, 3.8) is 0 Å². The second-order valence-electron chi connectivity index (χ2n) is 5.68. The van der Waals surface area contributed by atoms with E-state index in [4.69, 9.17) is 9.47 Å². The van der Waals surface area contributed by atoms with Crippen molar-refractivity contribution in [3.05, 3.63) is 34.9 Å². The number of fused-ring (bicyclic) bond motifs is 1. The van der Waals surface area contributed by atoms with E-state index in [0.29, 0.717) is 24.3 Å². The van der Waals surface area contributed by atoms with Crippen LogP contribution in [0.2, 0.25) is 0 Å². The molecular weight excluding hydrogens is 282 g/mol. The van der Waals surface area contributed by atoms with E-state index in [1.54, 1.807) is 25.1 Å². The number of hydrogen-bond acceptors (Lipinski definition) is 4. The molecule has 0 atom stereocenters. The molecule has 0 spiro atoms. The molecule has 22 heavy (non-hydrogen) atoms. The van der Waals surface area contributed by atoms with Crippen LogP contribution in [0.15, 0.2) is 18.2 Å². The second-order valence-corrected chi connectivity index (χ2v) is 5.68. The number of carbonyl (C=O) groups is 2. The number of rotatable bonds is 3. The molecule has 2 aliphatic heterocycles. The first-order valence-corrected chi connectivity index (χ1v) is 7.89. The summed E-state index contributed by atoms with van der Waals surface area (Å²) >= 11 is 0. The minimum Gasteiger partial charge on any atom is -0.462 e. The fourth-order valence-corrected chi connectivity index (χ4v) is 3.19. The summed E-state index contributed by atoms with van der Waals surface area (Å²) in [6, 6.07) is 5.52. The van der Waals surface area contributed by atoms with E-state index in [2.05, 4.69) is 0 Å². The van der Waals surface area contributed by atoms with Crippen LogP contribution < -0.4 is 0 Å². The predicted molar refractivity (Wildman–Crippen MR) is 81.0 cm³/mol. The van der Waals surface area contributed by atoms with Gasteiger partial charge in [0.1, 0.15) is 0 Å². The van der Waals surface area contributed by atoms with E-state index in [1.807, 2.05) is 4.90 Å². The van der Waals surface area contributed by atoms with Crippen molar-refractivity contribution in [2.75, 3.05) is 26.4 Å². The fraction of sp³-hybridized carbons (Fsp3) is 0.529. The molecule has 0 aromatic heterocycles. The number of esters is 1. The lowest BCUT2D eigenvalue weighted by atomic mass is 9.94. The molecule has 0 N–H and O–H groups in total. The Labute approximate surface area is 130 Å². The van der Waals surface area contributed by atoms with Crippen LogP contribution in [-0.2, 0) is 15.9 Å². The van der Waals surface area contributed by atoms with Gasteiger partial charge >= 0.3 is 5.97 Å². The average Bonchev–Trinajstić information content (AvgIpc) is 2.56. The van der Waals surface area contributed by atoms with Gasteiger partial charge in [-0.25, -0.2) is 4.79 Å². The predicted octanol–water partition coefficient (Wildman–Crippen LogP) is 2.04. The molecule has 0 radical (unpaired) electrons. The molecule has 1 fully saturated rings. The monoisotopic (exact) mass is 303 g/mol. The van der Waals surface area contributed by atoms with Crippen molar-refractivity contribution in [2.45, 2.75) is 32.2 Å². The van der Waals surface area contributed by atoms with Crippen LogP contribution in [0.3, 0.4) is 0 Å². The summed E-state index contributed by atoms with van der Waals surface area (Å²) in [6.45, 7) is 4.30. The Morgan fingerprint density at radius 2 is 2.14 bits per heavy atom. The molecule has 0 bridgehead atoms. The standard InChI is InChI=1S/C17H21NO4/c1-2-22-17(20)13-3-4-15-12(11-13)5-8-18(16(15)19)14-6-9-21-10-7-14/h3-4,11,14H,2,5-10H2,1H3. The summed E-state index contributed by atoms with van der Waals surface area (Å²) in [7, 11) is 0. The third-order valence-electron chi connectivity index (χ3n) is 4.36. The molecule has 0 unspecified atom stereocenters. The number of ether oxygens (including phenoxy) is 2. The molecular formula is C17H21NO4. The number of amides is 1. The lowest BCUT2D eigenvalue weighted by Crippen LogP contribution is -2.47. The molecule has 1 aromatic carbocycles. The molecule has 1 aromatic rings. The highest BCUT2D eigenvalue weighted by atomic mass is 16.5. The highest BCUT2D eigenvalue weighted by molar-refractivity contribution is 5.98. The van der Waals surface area contributed by atoms with Crippen molar-refractivity contribution in [1.29, 1.82) is 0 Å². The zero-order valence-corrected chi connectivity index (χ0v) is 12.8. The van der Waals surface area contributed by atoms with Crippen LogP contribution in [0.25, 0.3) is 0 Å². The minimum absolute atomic E-state index is 0.0727. The molecule has 2 heterocycles. The summed E-state index contributed by atoms with van der Waals surface area (Å²) < 4.78 is 10.4. The number of hydrogen-bond donors (Lipinski definition) is 0. The maximum Gasteiger partial charge on any atom is 0.338 e. The molecule has 2 aliphatic rings. The van der Waals surface area contributed by atoms with Crippen LogP contribution in [-0.4, -0.2) is 49.2 Å². The summed E-state index contributed by atoms with van der Waals surface area (Å²) in [4.78, 5) is 26.5. The lowest BCUT2D eigenvalue weighted by molar-refractivity contribution is 0.0276. The van der Waals surface area contributed by atoms with Crippen molar-refractivity contribution in [3.8, 4) is 0 Å². The Balaban J connectivity index is 1.80. The van der Waals surface area contributed by atoms with Gasteiger partial charge < -0.3 is 14.4 Å². The van der Waals surface area contributed by atoms with Crippen molar-refractivity contribution in [2.24, 2.45) is 0 Å². The fourth-order valence-electron chi connectivity index (χ4n) is 3.19. The highest BCUT2D eigenvalue weighted by Gasteiger charge is 2.31. The molecule has 0 aliphatic carbocycles. The van der Waals surface area contributed by atoms with E-state index in [-0.39, 0.29) is 17.9 Å². The Morgan fingerprint density at radius 3 is 2.86 bits per heavy atom. The second kappa shape index (κ2) is 6.48. The van der Waals surface area contributed by atoms with Gasteiger partial charge in [-0.1, -0.05) is 0 Å². The molecule has 1 amide bonds. The molecule has 5 nitrogen and oxygen atoms in total. The number of carbonyl (C=O) groups excluding carboxylic acids is 2. The zero-order chi connectivity index (χ0) is 15.5. The van der Waals surface area contributed by atoms with E-state index in [0.717, 1.165) is 38.0 Å². The summed E-state index contributed by atoms with van der Waals surface area (Å²) in [5.41, 5.74) is 2.18. The first kappa shape index (κ1) is 15.0. The highest BCUT2D eigenvalue weighted by Crippen LogP contribution is 2.25. The van der Waals surface area contributed by atoms with Crippen LogP contribution in [0, 0.1) is 0 Å². The maximum atomic E-state index is 12.7. The Morgan fingerprint density at radius 1 is 1.36 bits per heavy atom.